The third-order valence-corrected chi connectivity index (χ3v) is 8.56. The Balaban J connectivity index is 1.84. The molecule has 0 aromatic heterocycles. The van der Waals surface area contributed by atoms with E-state index in [4.69, 9.17) is 0 Å². The highest BCUT2D eigenvalue weighted by atomic mass is 79.9. The fraction of sp³-hybridized carbons (Fsp3) is 0.0811. The van der Waals surface area contributed by atoms with E-state index in [1.807, 2.05) is 0 Å². The van der Waals surface area contributed by atoms with E-state index in [0.29, 0.717) is 0 Å². The fourth-order valence-corrected chi connectivity index (χ4v) is 6.95. The molecule has 0 atom stereocenters. The van der Waals surface area contributed by atoms with Crippen LogP contribution in [0.25, 0.3) is 22.3 Å². The van der Waals surface area contributed by atoms with Crippen molar-refractivity contribution in [3.63, 3.8) is 0 Å². The molecule has 6 rings (SSSR count). The zero-order valence-electron chi connectivity index (χ0n) is 21.7. The molecule has 0 heterocycles. The van der Waals surface area contributed by atoms with E-state index >= 15 is 0 Å². The van der Waals surface area contributed by atoms with Gasteiger partial charge in [0.25, 0.3) is 0 Å². The van der Waals surface area contributed by atoms with Gasteiger partial charge >= 0.3 is 0 Å². The van der Waals surface area contributed by atoms with Crippen molar-refractivity contribution < 1.29 is 0 Å². The van der Waals surface area contributed by atoms with Gasteiger partial charge in [-0.2, -0.15) is 0 Å². The van der Waals surface area contributed by atoms with Crippen molar-refractivity contribution in [3.8, 4) is 0 Å². The molecule has 0 aliphatic heterocycles. The van der Waals surface area contributed by atoms with Crippen LogP contribution in [-0.4, -0.2) is 0 Å². The molecule has 1 aliphatic rings. The molecule has 0 saturated carbocycles. The van der Waals surface area contributed by atoms with E-state index in [2.05, 4.69) is 169 Å². The van der Waals surface area contributed by atoms with Crippen LogP contribution < -0.4 is 0 Å². The van der Waals surface area contributed by atoms with Crippen LogP contribution in [0.2, 0.25) is 0 Å². The molecular weight excluding hydrogens is 524 g/mol. The predicted molar refractivity (Wildman–Crippen MR) is 166 cm³/mol. The molecule has 0 nitrogen and oxygen atoms in total. The van der Waals surface area contributed by atoms with Crippen molar-refractivity contribution in [2.45, 2.75) is 18.2 Å². The second kappa shape index (κ2) is 10.1. The fourth-order valence-electron chi connectivity index (χ4n) is 5.86. The van der Waals surface area contributed by atoms with Crippen LogP contribution >= 0.6 is 15.9 Å². The Kier molecular flexibility index (Phi) is 6.47. The molecule has 1 aliphatic carbocycles. The van der Waals surface area contributed by atoms with Gasteiger partial charge in [-0.15, -0.1) is 0 Å². The van der Waals surface area contributed by atoms with Gasteiger partial charge in [0.1, 0.15) is 4.32 Å². The Hall–Kier alpha value is -3.94. The van der Waals surface area contributed by atoms with Crippen LogP contribution in [0.3, 0.4) is 0 Å². The van der Waals surface area contributed by atoms with E-state index in [9.17, 15) is 0 Å². The average molecular weight is 554 g/mol. The number of aryl methyl sites for hydroxylation is 2. The second-order valence-electron chi connectivity index (χ2n) is 10.00. The maximum absolute atomic E-state index is 4.49. The van der Waals surface area contributed by atoms with Crippen molar-refractivity contribution in [3.05, 3.63) is 178 Å². The number of alkyl halides is 1. The minimum absolute atomic E-state index is 0.567. The molecular formula is C37H29Br. The Labute approximate surface area is 234 Å². The van der Waals surface area contributed by atoms with Crippen LogP contribution in [0.1, 0.15) is 38.9 Å². The lowest BCUT2D eigenvalue weighted by Crippen LogP contribution is -2.21. The quantitative estimate of drug-likeness (QED) is 0.190. The molecule has 184 valence electrons. The molecule has 38 heavy (non-hydrogen) atoms. The van der Waals surface area contributed by atoms with Gasteiger partial charge in [-0.25, -0.2) is 0 Å². The van der Waals surface area contributed by atoms with Crippen molar-refractivity contribution >= 4 is 38.2 Å². The summed E-state index contributed by atoms with van der Waals surface area (Å²) in [5.41, 5.74) is 13.7. The first kappa shape index (κ1) is 24.4. The number of hydrogen-bond donors (Lipinski definition) is 0. The van der Waals surface area contributed by atoms with Crippen molar-refractivity contribution in [2.75, 3.05) is 0 Å². The van der Waals surface area contributed by atoms with Gasteiger partial charge in [-0.3, -0.25) is 0 Å². The summed E-state index contributed by atoms with van der Waals surface area (Å²) in [5, 5.41) is 0. The van der Waals surface area contributed by atoms with Gasteiger partial charge in [-0.1, -0.05) is 167 Å². The molecule has 0 amide bonds. The largest absolute Gasteiger partial charge is 0.103 e. The standard InChI is InChI=1S/C37H29Br/c1-26-23-27(2)25-32(24-26)37(38)35(30-19-11-5-12-20-30)33(28-15-7-3-8-16-28)34(29-17-9-4-10-18-29)36(37)31-21-13-6-14-22-31/h3-25H,1-2H3. The molecule has 0 N–H and O–H groups in total. The van der Waals surface area contributed by atoms with Gasteiger partial charge in [0.05, 0.1) is 0 Å². The summed E-state index contributed by atoms with van der Waals surface area (Å²) in [6.45, 7) is 4.38. The highest BCUT2D eigenvalue weighted by Gasteiger charge is 2.48. The van der Waals surface area contributed by atoms with E-state index in [1.54, 1.807) is 0 Å². The van der Waals surface area contributed by atoms with Gasteiger partial charge < -0.3 is 0 Å². The van der Waals surface area contributed by atoms with Gasteiger partial charge in [0.15, 0.2) is 0 Å². The first-order valence-electron chi connectivity index (χ1n) is 13.1. The SMILES string of the molecule is Cc1cc(C)cc(C2(Br)C(c3ccccc3)=C(c3ccccc3)C(c3ccccc3)=C2c2ccccc2)c1. The topological polar surface area (TPSA) is 0 Å². The number of hydrogen-bond acceptors (Lipinski definition) is 0. The zero-order valence-corrected chi connectivity index (χ0v) is 23.2. The molecule has 0 spiro atoms. The third-order valence-electron chi connectivity index (χ3n) is 7.31. The van der Waals surface area contributed by atoms with Crippen LogP contribution in [0.4, 0.5) is 0 Å². The summed E-state index contributed by atoms with van der Waals surface area (Å²) < 4.78 is -0.567. The van der Waals surface area contributed by atoms with Gasteiger partial charge in [-0.05, 0) is 64.0 Å². The number of rotatable bonds is 5. The van der Waals surface area contributed by atoms with Crippen molar-refractivity contribution in [1.29, 1.82) is 0 Å². The molecule has 1 heteroatoms. The van der Waals surface area contributed by atoms with Gasteiger partial charge in [0.2, 0.25) is 0 Å². The smallest absolute Gasteiger partial charge is 0.0695 e. The Morgan fingerprint density at radius 2 is 0.737 bits per heavy atom. The van der Waals surface area contributed by atoms with Crippen molar-refractivity contribution in [2.24, 2.45) is 0 Å². The van der Waals surface area contributed by atoms with E-state index in [0.717, 1.165) is 0 Å². The lowest BCUT2D eigenvalue weighted by molar-refractivity contribution is 1.06. The maximum atomic E-state index is 4.49. The molecule has 0 unspecified atom stereocenters. The highest BCUT2D eigenvalue weighted by Crippen LogP contribution is 2.65. The summed E-state index contributed by atoms with van der Waals surface area (Å²) >= 11 is 4.49. The summed E-state index contributed by atoms with van der Waals surface area (Å²) in [5.74, 6) is 0. The van der Waals surface area contributed by atoms with Gasteiger partial charge in [0, 0.05) is 0 Å². The lowest BCUT2D eigenvalue weighted by Gasteiger charge is -2.32. The zero-order chi connectivity index (χ0) is 26.1. The maximum Gasteiger partial charge on any atom is 0.103 e. The minimum Gasteiger partial charge on any atom is -0.0695 e. The monoisotopic (exact) mass is 552 g/mol. The average Bonchev–Trinajstić information content (AvgIpc) is 3.24. The number of halogens is 1. The summed E-state index contributed by atoms with van der Waals surface area (Å²) in [7, 11) is 0. The van der Waals surface area contributed by atoms with Crippen LogP contribution in [0, 0.1) is 13.8 Å². The third kappa shape index (κ3) is 4.18. The number of allylic oxidation sites excluding steroid dienone is 4. The molecule has 0 saturated heterocycles. The molecule has 5 aromatic carbocycles. The molecule has 5 aromatic rings. The Bertz CT molecular complexity index is 1520. The minimum atomic E-state index is -0.567. The van der Waals surface area contributed by atoms with Crippen molar-refractivity contribution in [1.82, 2.24) is 0 Å². The Morgan fingerprint density at radius 1 is 0.421 bits per heavy atom. The summed E-state index contributed by atoms with van der Waals surface area (Å²) in [6, 6.07) is 50.4. The Morgan fingerprint density at radius 3 is 1.08 bits per heavy atom. The lowest BCUT2D eigenvalue weighted by atomic mass is 9.80. The summed E-state index contributed by atoms with van der Waals surface area (Å²) in [4.78, 5) is 0. The normalized spacial score (nSPS) is 14.7. The first-order chi connectivity index (χ1) is 18.6. The predicted octanol–water partition coefficient (Wildman–Crippen LogP) is 10.1. The second-order valence-corrected chi connectivity index (χ2v) is 11.2. The molecule has 0 radical (unpaired) electrons. The van der Waals surface area contributed by atoms with E-state index < -0.39 is 4.32 Å². The first-order valence-corrected chi connectivity index (χ1v) is 13.9. The van der Waals surface area contributed by atoms with E-state index in [1.165, 1.54) is 61.2 Å². The number of benzene rings is 5. The van der Waals surface area contributed by atoms with E-state index in [-0.39, 0.29) is 0 Å². The molecule has 0 fully saturated rings. The van der Waals surface area contributed by atoms with Crippen LogP contribution in [0.15, 0.2) is 140 Å². The summed E-state index contributed by atoms with van der Waals surface area (Å²) in [6.07, 6.45) is 0. The molecule has 0 bridgehead atoms. The highest BCUT2D eigenvalue weighted by molar-refractivity contribution is 9.10. The van der Waals surface area contributed by atoms with Crippen LogP contribution in [0.5, 0.6) is 0 Å². The van der Waals surface area contributed by atoms with Crippen LogP contribution in [-0.2, 0) is 4.32 Å².